The number of anilines is 1. The van der Waals surface area contributed by atoms with E-state index in [4.69, 9.17) is 0 Å². The minimum Gasteiger partial charge on any atom is -0.370 e. The van der Waals surface area contributed by atoms with Crippen LogP contribution in [-0.2, 0) is 0 Å². The number of para-hydroxylation sites is 1. The van der Waals surface area contributed by atoms with E-state index in [0.29, 0.717) is 5.41 Å². The Morgan fingerprint density at radius 1 is 1.05 bits per heavy atom. The van der Waals surface area contributed by atoms with Crippen molar-refractivity contribution in [3.05, 3.63) is 42.0 Å². The second-order valence-corrected chi connectivity index (χ2v) is 7.46. The Balaban J connectivity index is 1.98. The van der Waals surface area contributed by atoms with Gasteiger partial charge in [-0.2, -0.15) is 0 Å². The van der Waals surface area contributed by atoms with Crippen molar-refractivity contribution in [2.24, 2.45) is 11.3 Å². The Morgan fingerprint density at radius 3 is 2.27 bits per heavy atom. The fourth-order valence-electron chi connectivity index (χ4n) is 3.32. The standard InChI is InChI=1S/C20H32N2/c1-17-11-12-18(20(17,2)3)13-14-22(16-15-21(4)5)19-9-7-6-8-10-19/h6-11,18H,12-16H2,1-5H3. The van der Waals surface area contributed by atoms with Gasteiger partial charge in [0, 0.05) is 25.3 Å². The van der Waals surface area contributed by atoms with E-state index in [1.54, 1.807) is 5.57 Å². The Hall–Kier alpha value is -1.28. The molecule has 0 fully saturated rings. The molecule has 0 saturated carbocycles. The Kier molecular flexibility index (Phi) is 5.69. The van der Waals surface area contributed by atoms with E-state index in [2.05, 4.69) is 81.1 Å². The molecule has 0 aliphatic heterocycles. The van der Waals surface area contributed by atoms with Crippen LogP contribution >= 0.6 is 0 Å². The molecule has 2 heteroatoms. The molecule has 0 saturated heterocycles. The zero-order valence-corrected chi connectivity index (χ0v) is 15.0. The quantitative estimate of drug-likeness (QED) is 0.687. The van der Waals surface area contributed by atoms with Crippen molar-refractivity contribution < 1.29 is 0 Å². The van der Waals surface area contributed by atoms with Crippen molar-refractivity contribution in [1.82, 2.24) is 4.90 Å². The fourth-order valence-corrected chi connectivity index (χ4v) is 3.32. The van der Waals surface area contributed by atoms with Gasteiger partial charge in [-0.3, -0.25) is 0 Å². The molecule has 0 amide bonds. The van der Waals surface area contributed by atoms with Crippen molar-refractivity contribution in [2.45, 2.75) is 33.6 Å². The monoisotopic (exact) mass is 300 g/mol. The highest BCUT2D eigenvalue weighted by Crippen LogP contribution is 2.44. The summed E-state index contributed by atoms with van der Waals surface area (Å²) in [6.45, 7) is 10.4. The Bertz CT molecular complexity index is 488. The van der Waals surface area contributed by atoms with Crippen LogP contribution in [0.25, 0.3) is 0 Å². The molecule has 0 spiro atoms. The normalized spacial score (nSPS) is 20.3. The summed E-state index contributed by atoms with van der Waals surface area (Å²) in [5.74, 6) is 0.776. The molecular weight excluding hydrogens is 268 g/mol. The smallest absolute Gasteiger partial charge is 0.0366 e. The third-order valence-electron chi connectivity index (χ3n) is 5.43. The highest BCUT2D eigenvalue weighted by Gasteiger charge is 2.34. The largest absolute Gasteiger partial charge is 0.370 e. The van der Waals surface area contributed by atoms with Crippen molar-refractivity contribution >= 4 is 5.69 Å². The molecule has 1 aliphatic rings. The number of benzene rings is 1. The van der Waals surface area contributed by atoms with Crippen LogP contribution in [0, 0.1) is 11.3 Å². The molecule has 1 aromatic carbocycles. The van der Waals surface area contributed by atoms with Gasteiger partial charge in [0.25, 0.3) is 0 Å². The molecule has 0 aromatic heterocycles. The van der Waals surface area contributed by atoms with Gasteiger partial charge in [-0.25, -0.2) is 0 Å². The average Bonchev–Trinajstić information content (AvgIpc) is 2.74. The SMILES string of the molecule is CC1=CCC(CCN(CCN(C)C)c2ccccc2)C1(C)C. The summed E-state index contributed by atoms with van der Waals surface area (Å²) in [4.78, 5) is 4.81. The van der Waals surface area contributed by atoms with Gasteiger partial charge < -0.3 is 9.80 Å². The van der Waals surface area contributed by atoms with Crippen LogP contribution in [0.2, 0.25) is 0 Å². The van der Waals surface area contributed by atoms with Crippen molar-refractivity contribution in [3.63, 3.8) is 0 Å². The molecular formula is C20H32N2. The summed E-state index contributed by atoms with van der Waals surface area (Å²) >= 11 is 0. The van der Waals surface area contributed by atoms with Gasteiger partial charge in [-0.15, -0.1) is 0 Å². The first-order chi connectivity index (χ1) is 10.4. The van der Waals surface area contributed by atoms with Crippen LogP contribution in [0.15, 0.2) is 42.0 Å². The van der Waals surface area contributed by atoms with Crippen LogP contribution in [0.5, 0.6) is 0 Å². The number of allylic oxidation sites excluding steroid dienone is 2. The molecule has 0 heterocycles. The number of hydrogen-bond donors (Lipinski definition) is 0. The average molecular weight is 300 g/mol. The maximum absolute atomic E-state index is 2.55. The molecule has 22 heavy (non-hydrogen) atoms. The van der Waals surface area contributed by atoms with E-state index in [1.807, 2.05) is 0 Å². The predicted octanol–water partition coefficient (Wildman–Crippen LogP) is 4.44. The van der Waals surface area contributed by atoms with E-state index in [0.717, 1.165) is 25.6 Å². The lowest BCUT2D eigenvalue weighted by molar-refractivity contribution is 0.276. The van der Waals surface area contributed by atoms with E-state index >= 15 is 0 Å². The fraction of sp³-hybridized carbons (Fsp3) is 0.600. The number of hydrogen-bond acceptors (Lipinski definition) is 2. The first-order valence-electron chi connectivity index (χ1n) is 8.53. The molecule has 0 bridgehead atoms. The molecule has 2 rings (SSSR count). The maximum Gasteiger partial charge on any atom is 0.0366 e. The van der Waals surface area contributed by atoms with E-state index in [9.17, 15) is 0 Å². The van der Waals surface area contributed by atoms with Gasteiger partial charge in [0.05, 0.1) is 0 Å². The van der Waals surface area contributed by atoms with Crippen molar-refractivity contribution in [2.75, 3.05) is 38.6 Å². The topological polar surface area (TPSA) is 6.48 Å². The molecule has 2 nitrogen and oxygen atoms in total. The minimum absolute atomic E-state index is 0.365. The van der Waals surface area contributed by atoms with Crippen molar-refractivity contribution in [3.8, 4) is 0 Å². The highest BCUT2D eigenvalue weighted by molar-refractivity contribution is 5.46. The lowest BCUT2D eigenvalue weighted by Gasteiger charge is -2.33. The van der Waals surface area contributed by atoms with E-state index in [1.165, 1.54) is 18.5 Å². The lowest BCUT2D eigenvalue weighted by Crippen LogP contribution is -2.34. The molecule has 1 aliphatic carbocycles. The first kappa shape index (κ1) is 17.1. The Labute approximate surface area is 136 Å². The third-order valence-corrected chi connectivity index (χ3v) is 5.43. The summed E-state index contributed by atoms with van der Waals surface area (Å²) < 4.78 is 0. The second-order valence-electron chi connectivity index (χ2n) is 7.46. The van der Waals surface area contributed by atoms with Crippen LogP contribution in [0.4, 0.5) is 5.69 Å². The minimum atomic E-state index is 0.365. The highest BCUT2D eigenvalue weighted by atomic mass is 15.2. The van der Waals surface area contributed by atoms with E-state index < -0.39 is 0 Å². The summed E-state index contributed by atoms with van der Waals surface area (Å²) in [7, 11) is 4.30. The summed E-state index contributed by atoms with van der Waals surface area (Å²) in [6, 6.07) is 10.9. The zero-order chi connectivity index (χ0) is 16.2. The summed E-state index contributed by atoms with van der Waals surface area (Å²) in [5.41, 5.74) is 3.28. The summed E-state index contributed by atoms with van der Waals surface area (Å²) in [5, 5.41) is 0. The number of rotatable bonds is 7. The number of likely N-dealkylation sites (N-methyl/N-ethyl adjacent to an activating group) is 1. The van der Waals surface area contributed by atoms with Gasteiger partial charge in [-0.05, 0) is 57.3 Å². The maximum atomic E-state index is 2.55. The van der Waals surface area contributed by atoms with Crippen LogP contribution in [-0.4, -0.2) is 38.6 Å². The molecule has 0 N–H and O–H groups in total. The van der Waals surface area contributed by atoms with Gasteiger partial charge in [0.2, 0.25) is 0 Å². The van der Waals surface area contributed by atoms with Crippen LogP contribution < -0.4 is 4.90 Å². The van der Waals surface area contributed by atoms with Gasteiger partial charge in [0.15, 0.2) is 0 Å². The molecule has 1 atom stereocenters. The second kappa shape index (κ2) is 7.32. The summed E-state index contributed by atoms with van der Waals surface area (Å²) in [6.07, 6.45) is 4.95. The molecule has 122 valence electrons. The van der Waals surface area contributed by atoms with Gasteiger partial charge >= 0.3 is 0 Å². The van der Waals surface area contributed by atoms with Crippen LogP contribution in [0.3, 0.4) is 0 Å². The molecule has 1 aromatic rings. The van der Waals surface area contributed by atoms with E-state index in [-0.39, 0.29) is 0 Å². The van der Waals surface area contributed by atoms with Gasteiger partial charge in [0.1, 0.15) is 0 Å². The predicted molar refractivity (Wildman–Crippen MR) is 97.5 cm³/mol. The molecule has 0 radical (unpaired) electrons. The van der Waals surface area contributed by atoms with Crippen LogP contribution in [0.1, 0.15) is 33.6 Å². The van der Waals surface area contributed by atoms with Gasteiger partial charge in [-0.1, -0.05) is 43.7 Å². The number of nitrogens with zero attached hydrogens (tertiary/aromatic N) is 2. The Morgan fingerprint density at radius 2 is 1.73 bits per heavy atom. The zero-order valence-electron chi connectivity index (χ0n) is 15.0. The van der Waals surface area contributed by atoms with Crippen molar-refractivity contribution in [1.29, 1.82) is 0 Å². The first-order valence-corrected chi connectivity index (χ1v) is 8.53. The lowest BCUT2D eigenvalue weighted by atomic mass is 9.76. The third kappa shape index (κ3) is 4.13. The molecule has 1 unspecified atom stereocenters.